The second-order valence-electron chi connectivity index (χ2n) is 5.01. The lowest BCUT2D eigenvalue weighted by Gasteiger charge is -2.12. The molecule has 2 rings (SSSR count). The first-order chi connectivity index (χ1) is 9.08. The number of ketones is 1. The van der Waals surface area contributed by atoms with E-state index in [1.54, 1.807) is 0 Å². The summed E-state index contributed by atoms with van der Waals surface area (Å²) in [6, 6.07) is 7.70. The zero-order valence-corrected chi connectivity index (χ0v) is 11.7. The van der Waals surface area contributed by atoms with Crippen LogP contribution in [0.1, 0.15) is 23.7 Å². The first-order valence-electron chi connectivity index (χ1n) is 6.44. The Hall–Kier alpha value is -2.09. The summed E-state index contributed by atoms with van der Waals surface area (Å²) in [5.74, 6) is 0.0764. The molecule has 0 atom stereocenters. The highest BCUT2D eigenvalue weighted by atomic mass is 16.1. The van der Waals surface area contributed by atoms with E-state index in [2.05, 4.69) is 6.92 Å². The van der Waals surface area contributed by atoms with Gasteiger partial charge in [-0.25, -0.2) is 0 Å². The number of allylic oxidation sites excluding steroid dienone is 6. The first-order valence-corrected chi connectivity index (χ1v) is 6.44. The van der Waals surface area contributed by atoms with Crippen molar-refractivity contribution in [3.05, 3.63) is 65.3 Å². The Kier molecular flexibility index (Phi) is 4.00. The highest BCUT2D eigenvalue weighted by molar-refractivity contribution is 6.10. The van der Waals surface area contributed by atoms with Gasteiger partial charge in [0.25, 0.3) is 0 Å². The Morgan fingerprint density at radius 3 is 2.42 bits per heavy atom. The molecule has 1 aromatic rings. The maximum absolute atomic E-state index is 12.4. The van der Waals surface area contributed by atoms with Gasteiger partial charge in [-0.3, -0.25) is 4.79 Å². The van der Waals surface area contributed by atoms with E-state index in [1.807, 2.05) is 67.6 Å². The van der Waals surface area contributed by atoms with Crippen LogP contribution in [0.4, 0.5) is 5.69 Å². The van der Waals surface area contributed by atoms with Crippen LogP contribution >= 0.6 is 0 Å². The molecular weight excluding hydrogens is 234 g/mol. The average Bonchev–Trinajstić information content (AvgIpc) is 2.63. The third-order valence-corrected chi connectivity index (χ3v) is 3.19. The fraction of sp³-hybridized carbons (Fsp3) is 0.235. The van der Waals surface area contributed by atoms with Crippen molar-refractivity contribution in [2.45, 2.75) is 13.3 Å². The molecule has 1 aromatic carbocycles. The summed E-state index contributed by atoms with van der Waals surface area (Å²) in [4.78, 5) is 14.4. The molecule has 0 spiro atoms. The minimum Gasteiger partial charge on any atom is -0.378 e. The topological polar surface area (TPSA) is 20.3 Å². The van der Waals surface area contributed by atoms with Crippen LogP contribution in [-0.4, -0.2) is 19.9 Å². The van der Waals surface area contributed by atoms with Crippen LogP contribution in [-0.2, 0) is 0 Å². The smallest absolute Gasteiger partial charge is 0.193 e. The van der Waals surface area contributed by atoms with E-state index in [0.717, 1.165) is 23.2 Å². The van der Waals surface area contributed by atoms with Gasteiger partial charge < -0.3 is 4.90 Å². The number of benzene rings is 1. The van der Waals surface area contributed by atoms with Gasteiger partial charge in [0.1, 0.15) is 0 Å². The van der Waals surface area contributed by atoms with Gasteiger partial charge in [-0.2, -0.15) is 0 Å². The molecule has 0 saturated carbocycles. The lowest BCUT2D eigenvalue weighted by Crippen LogP contribution is -2.09. The molecule has 2 nitrogen and oxygen atoms in total. The monoisotopic (exact) mass is 253 g/mol. The summed E-state index contributed by atoms with van der Waals surface area (Å²) in [6.07, 6.45) is 8.78. The summed E-state index contributed by atoms with van der Waals surface area (Å²) < 4.78 is 0. The van der Waals surface area contributed by atoms with Crippen molar-refractivity contribution in [3.63, 3.8) is 0 Å². The molecule has 0 bridgehead atoms. The van der Waals surface area contributed by atoms with Crippen molar-refractivity contribution in [1.29, 1.82) is 0 Å². The Bertz CT molecular complexity index is 559. The molecule has 1 aliphatic rings. The van der Waals surface area contributed by atoms with Crippen molar-refractivity contribution < 1.29 is 4.79 Å². The van der Waals surface area contributed by atoms with Gasteiger partial charge in [-0.15, -0.1) is 0 Å². The maximum Gasteiger partial charge on any atom is 0.193 e. The third-order valence-electron chi connectivity index (χ3n) is 3.19. The van der Waals surface area contributed by atoms with E-state index >= 15 is 0 Å². The number of rotatable bonds is 3. The zero-order valence-electron chi connectivity index (χ0n) is 11.7. The molecule has 0 heterocycles. The minimum absolute atomic E-state index is 0.0764. The first kappa shape index (κ1) is 13.3. The van der Waals surface area contributed by atoms with E-state index in [9.17, 15) is 4.79 Å². The number of carbonyl (C=O) groups excluding carboxylic acids is 1. The summed E-state index contributed by atoms with van der Waals surface area (Å²) in [7, 11) is 3.97. The predicted octanol–water partition coefficient (Wildman–Crippen LogP) is 3.77. The second-order valence-corrected chi connectivity index (χ2v) is 5.01. The normalized spacial score (nSPS) is 14.5. The van der Waals surface area contributed by atoms with Crippen molar-refractivity contribution in [1.82, 2.24) is 0 Å². The summed E-state index contributed by atoms with van der Waals surface area (Å²) in [6.45, 7) is 2.07. The van der Waals surface area contributed by atoms with Crippen LogP contribution in [0.5, 0.6) is 0 Å². The number of hydrogen-bond donors (Lipinski definition) is 0. The van der Waals surface area contributed by atoms with Crippen molar-refractivity contribution in [3.8, 4) is 0 Å². The van der Waals surface area contributed by atoms with Crippen LogP contribution in [0.15, 0.2) is 59.7 Å². The van der Waals surface area contributed by atoms with E-state index < -0.39 is 0 Å². The highest BCUT2D eigenvalue weighted by Crippen LogP contribution is 2.18. The van der Waals surface area contributed by atoms with Gasteiger partial charge in [-0.05, 0) is 37.6 Å². The standard InChI is InChI=1S/C17H19NO/c1-13-5-4-6-14(8-7-13)17(19)15-9-11-16(12-10-15)18(2)3/h4,6-12H,5H2,1-3H3. The van der Waals surface area contributed by atoms with E-state index in [0.29, 0.717) is 0 Å². The summed E-state index contributed by atoms with van der Waals surface area (Å²) in [5.41, 5.74) is 3.84. The molecule has 0 aliphatic heterocycles. The Morgan fingerprint density at radius 1 is 1.11 bits per heavy atom. The van der Waals surface area contributed by atoms with Crippen LogP contribution in [0, 0.1) is 0 Å². The van der Waals surface area contributed by atoms with Crippen LogP contribution < -0.4 is 4.90 Å². The molecule has 0 unspecified atom stereocenters. The fourth-order valence-electron chi connectivity index (χ4n) is 1.96. The molecule has 98 valence electrons. The number of hydrogen-bond acceptors (Lipinski definition) is 2. The molecule has 0 radical (unpaired) electrons. The largest absolute Gasteiger partial charge is 0.378 e. The van der Waals surface area contributed by atoms with Crippen molar-refractivity contribution >= 4 is 11.5 Å². The Labute approximate surface area is 114 Å². The average molecular weight is 253 g/mol. The predicted molar refractivity (Wildman–Crippen MR) is 80.7 cm³/mol. The maximum atomic E-state index is 12.4. The van der Waals surface area contributed by atoms with Gasteiger partial charge >= 0.3 is 0 Å². The van der Waals surface area contributed by atoms with E-state index in [-0.39, 0.29) is 5.78 Å². The number of carbonyl (C=O) groups is 1. The highest BCUT2D eigenvalue weighted by Gasteiger charge is 2.10. The van der Waals surface area contributed by atoms with Crippen LogP contribution in [0.3, 0.4) is 0 Å². The summed E-state index contributed by atoms with van der Waals surface area (Å²) in [5, 5.41) is 0. The van der Waals surface area contributed by atoms with Crippen LogP contribution in [0.2, 0.25) is 0 Å². The lowest BCUT2D eigenvalue weighted by molar-refractivity contribution is 0.103. The molecule has 2 heteroatoms. The van der Waals surface area contributed by atoms with E-state index in [1.165, 1.54) is 5.57 Å². The Balaban J connectivity index is 2.24. The molecule has 1 aliphatic carbocycles. The lowest BCUT2D eigenvalue weighted by atomic mass is 10.0. The molecule has 0 N–H and O–H groups in total. The fourth-order valence-corrected chi connectivity index (χ4v) is 1.96. The molecule has 0 amide bonds. The van der Waals surface area contributed by atoms with E-state index in [4.69, 9.17) is 0 Å². The second kappa shape index (κ2) is 5.70. The quantitative estimate of drug-likeness (QED) is 0.764. The third kappa shape index (κ3) is 3.22. The molecule has 0 saturated heterocycles. The van der Waals surface area contributed by atoms with Gasteiger partial charge in [0.2, 0.25) is 0 Å². The van der Waals surface area contributed by atoms with Crippen molar-refractivity contribution in [2.75, 3.05) is 19.0 Å². The number of nitrogens with zero attached hydrogens (tertiary/aromatic N) is 1. The Morgan fingerprint density at radius 2 is 1.79 bits per heavy atom. The van der Waals surface area contributed by atoms with Gasteiger partial charge in [0, 0.05) is 30.9 Å². The number of Topliss-reactive ketones (excluding diaryl/α,β-unsaturated/α-hetero) is 1. The number of anilines is 1. The molecule has 0 aromatic heterocycles. The SMILES string of the molecule is CC1=CC=C(C(=O)c2ccc(N(C)C)cc2)C=CC1. The zero-order chi connectivity index (χ0) is 13.8. The van der Waals surface area contributed by atoms with Gasteiger partial charge in [-0.1, -0.05) is 29.9 Å². The molecular formula is C17H19NO. The van der Waals surface area contributed by atoms with Gasteiger partial charge in [0.05, 0.1) is 0 Å². The molecule has 0 fully saturated rings. The van der Waals surface area contributed by atoms with Crippen LogP contribution in [0.25, 0.3) is 0 Å². The van der Waals surface area contributed by atoms with Crippen molar-refractivity contribution in [2.24, 2.45) is 0 Å². The van der Waals surface area contributed by atoms with Gasteiger partial charge in [0.15, 0.2) is 5.78 Å². The minimum atomic E-state index is 0.0764. The summed E-state index contributed by atoms with van der Waals surface area (Å²) >= 11 is 0. The molecule has 19 heavy (non-hydrogen) atoms.